The van der Waals surface area contributed by atoms with Crippen LogP contribution in [0.4, 0.5) is 10.5 Å². The van der Waals surface area contributed by atoms with E-state index in [0.29, 0.717) is 23.4 Å². The molecule has 2 amide bonds. The Kier molecular flexibility index (Phi) is 14.2. The summed E-state index contributed by atoms with van der Waals surface area (Å²) < 4.78 is 5.73. The van der Waals surface area contributed by atoms with Crippen LogP contribution in [0.3, 0.4) is 0 Å². The summed E-state index contributed by atoms with van der Waals surface area (Å²) in [4.78, 5) is 27.6. The number of aliphatic hydroxyl groups is 2. The molecule has 2 rings (SSSR count). The van der Waals surface area contributed by atoms with Gasteiger partial charge in [0, 0.05) is 32.2 Å². The number of rotatable bonds is 17. The van der Waals surface area contributed by atoms with E-state index in [0.717, 1.165) is 75.3 Å². The first kappa shape index (κ1) is 31.0. The van der Waals surface area contributed by atoms with Gasteiger partial charge in [0.1, 0.15) is 5.75 Å². The number of ether oxygens (including phenoxy) is 1. The molecule has 0 spiro atoms. The number of hydroxylamine groups is 1. The molecule has 0 heterocycles. The first-order chi connectivity index (χ1) is 18.3. The van der Waals surface area contributed by atoms with Crippen molar-refractivity contribution in [1.82, 2.24) is 5.32 Å². The largest absolute Gasteiger partial charge is 0.508 e. The SMILES string of the molecule is CC(=O)ON(C(N)=O)c1cccc(CCCCCOCCCCCNC[C@@H](O)c2ccc(O)c(CO)c2)c1. The molecule has 0 bridgehead atoms. The maximum Gasteiger partial charge on any atom is 0.352 e. The summed E-state index contributed by atoms with van der Waals surface area (Å²) in [6.45, 7) is 3.59. The van der Waals surface area contributed by atoms with Crippen molar-refractivity contribution in [2.75, 3.05) is 31.4 Å². The third-order valence-corrected chi connectivity index (χ3v) is 5.96. The molecule has 0 radical (unpaired) electrons. The van der Waals surface area contributed by atoms with Crippen LogP contribution < -0.4 is 16.1 Å². The number of phenols is 1. The minimum absolute atomic E-state index is 0.0259. The first-order valence-electron chi connectivity index (χ1n) is 13.1. The van der Waals surface area contributed by atoms with E-state index in [1.807, 2.05) is 6.07 Å². The van der Waals surface area contributed by atoms with E-state index in [1.54, 1.807) is 30.3 Å². The highest BCUT2D eigenvalue weighted by molar-refractivity contribution is 5.90. The molecule has 2 aromatic rings. The topological polar surface area (TPSA) is 155 Å². The Labute approximate surface area is 224 Å². The maximum absolute atomic E-state index is 11.6. The quantitative estimate of drug-likeness (QED) is 0.154. The number of aliphatic hydroxyl groups excluding tert-OH is 2. The van der Waals surface area contributed by atoms with E-state index >= 15 is 0 Å². The Balaban J connectivity index is 1.48. The number of hydrogen-bond donors (Lipinski definition) is 5. The number of anilines is 1. The van der Waals surface area contributed by atoms with E-state index in [4.69, 9.17) is 15.3 Å². The fourth-order valence-electron chi connectivity index (χ4n) is 3.93. The lowest BCUT2D eigenvalue weighted by Crippen LogP contribution is -2.37. The molecule has 10 heteroatoms. The fraction of sp³-hybridized carbons (Fsp3) is 0.500. The summed E-state index contributed by atoms with van der Waals surface area (Å²) in [5.74, 6) is -0.593. The van der Waals surface area contributed by atoms with Crippen LogP contribution in [-0.2, 0) is 27.4 Å². The zero-order valence-electron chi connectivity index (χ0n) is 22.1. The van der Waals surface area contributed by atoms with Gasteiger partial charge in [-0.3, -0.25) is 0 Å². The molecule has 0 saturated heterocycles. The molecule has 210 valence electrons. The zero-order valence-corrected chi connectivity index (χ0v) is 22.1. The molecule has 0 fully saturated rings. The number of nitrogens with zero attached hydrogens (tertiary/aromatic N) is 1. The Morgan fingerprint density at radius 3 is 2.45 bits per heavy atom. The monoisotopic (exact) mass is 531 g/mol. The molecular weight excluding hydrogens is 490 g/mol. The molecule has 0 unspecified atom stereocenters. The van der Waals surface area contributed by atoms with Crippen LogP contribution in [0.1, 0.15) is 68.2 Å². The van der Waals surface area contributed by atoms with Crippen LogP contribution in [-0.4, -0.2) is 53.6 Å². The van der Waals surface area contributed by atoms with Gasteiger partial charge in [-0.1, -0.05) is 24.6 Å². The minimum atomic E-state index is -0.854. The van der Waals surface area contributed by atoms with Crippen molar-refractivity contribution in [3.63, 3.8) is 0 Å². The predicted molar refractivity (Wildman–Crippen MR) is 144 cm³/mol. The number of carbonyl (C=O) groups excluding carboxylic acids is 2. The Morgan fingerprint density at radius 2 is 1.76 bits per heavy atom. The maximum atomic E-state index is 11.6. The highest BCUT2D eigenvalue weighted by Crippen LogP contribution is 2.22. The molecule has 1 atom stereocenters. The number of aromatic hydroxyl groups is 1. The smallest absolute Gasteiger partial charge is 0.352 e. The second-order valence-electron chi connectivity index (χ2n) is 9.14. The molecule has 0 saturated carbocycles. The minimum Gasteiger partial charge on any atom is -0.508 e. The van der Waals surface area contributed by atoms with E-state index in [2.05, 4.69) is 5.32 Å². The van der Waals surface area contributed by atoms with Gasteiger partial charge in [0.15, 0.2) is 0 Å². The van der Waals surface area contributed by atoms with Gasteiger partial charge in [0.25, 0.3) is 0 Å². The van der Waals surface area contributed by atoms with Crippen LogP contribution >= 0.6 is 0 Å². The number of nitrogens with one attached hydrogen (secondary N) is 1. The number of aryl methyl sites for hydroxylation is 1. The van der Waals surface area contributed by atoms with Gasteiger partial charge < -0.3 is 35.9 Å². The van der Waals surface area contributed by atoms with Crippen LogP contribution in [0.2, 0.25) is 0 Å². The van der Waals surface area contributed by atoms with Gasteiger partial charge in [-0.2, -0.15) is 0 Å². The third-order valence-electron chi connectivity index (χ3n) is 5.96. The molecule has 38 heavy (non-hydrogen) atoms. The van der Waals surface area contributed by atoms with E-state index in [1.165, 1.54) is 13.0 Å². The summed E-state index contributed by atoms with van der Waals surface area (Å²) in [6.07, 6.45) is 6.08. The second kappa shape index (κ2) is 17.4. The average Bonchev–Trinajstić information content (AvgIpc) is 2.90. The number of primary amides is 1. The number of benzene rings is 2. The Bertz CT molecular complexity index is 1000. The molecule has 0 aliphatic heterocycles. The summed E-state index contributed by atoms with van der Waals surface area (Å²) in [7, 11) is 0. The normalized spacial score (nSPS) is 11.8. The second-order valence-corrected chi connectivity index (χ2v) is 9.14. The Morgan fingerprint density at radius 1 is 1.03 bits per heavy atom. The van der Waals surface area contributed by atoms with Crippen LogP contribution in [0.15, 0.2) is 42.5 Å². The molecule has 10 nitrogen and oxygen atoms in total. The lowest BCUT2D eigenvalue weighted by atomic mass is 10.1. The van der Waals surface area contributed by atoms with Crippen molar-refractivity contribution in [1.29, 1.82) is 0 Å². The van der Waals surface area contributed by atoms with Crippen molar-refractivity contribution >= 4 is 17.7 Å². The lowest BCUT2D eigenvalue weighted by Gasteiger charge is -2.18. The highest BCUT2D eigenvalue weighted by atomic mass is 16.7. The van der Waals surface area contributed by atoms with Gasteiger partial charge in [-0.15, -0.1) is 5.06 Å². The van der Waals surface area contributed by atoms with Crippen molar-refractivity contribution in [2.45, 2.75) is 64.6 Å². The van der Waals surface area contributed by atoms with Crippen molar-refractivity contribution in [3.05, 3.63) is 59.2 Å². The number of amides is 2. The highest BCUT2D eigenvalue weighted by Gasteiger charge is 2.16. The van der Waals surface area contributed by atoms with Gasteiger partial charge >= 0.3 is 12.0 Å². The number of carbonyl (C=O) groups is 2. The molecular formula is C28H41N3O7. The fourth-order valence-corrected chi connectivity index (χ4v) is 3.93. The molecule has 0 aromatic heterocycles. The summed E-state index contributed by atoms with van der Waals surface area (Å²) in [6, 6.07) is 11.1. The van der Waals surface area contributed by atoms with E-state index in [-0.39, 0.29) is 12.4 Å². The van der Waals surface area contributed by atoms with E-state index < -0.39 is 18.1 Å². The van der Waals surface area contributed by atoms with Crippen LogP contribution in [0.5, 0.6) is 5.75 Å². The summed E-state index contributed by atoms with van der Waals surface area (Å²) in [5.41, 5.74) is 7.82. The van der Waals surface area contributed by atoms with E-state index in [9.17, 15) is 24.9 Å². The molecule has 0 aliphatic carbocycles. The third kappa shape index (κ3) is 11.5. The number of hydrogen-bond acceptors (Lipinski definition) is 8. The zero-order chi connectivity index (χ0) is 27.8. The molecule has 2 aromatic carbocycles. The van der Waals surface area contributed by atoms with Crippen molar-refractivity contribution < 1.29 is 34.5 Å². The predicted octanol–water partition coefficient (Wildman–Crippen LogP) is 3.47. The Hall–Kier alpha value is -3.18. The molecule has 0 aliphatic rings. The van der Waals surface area contributed by atoms with Crippen molar-refractivity contribution in [2.24, 2.45) is 5.73 Å². The van der Waals surface area contributed by atoms with Gasteiger partial charge in [0.2, 0.25) is 0 Å². The van der Waals surface area contributed by atoms with Crippen LogP contribution in [0, 0.1) is 0 Å². The van der Waals surface area contributed by atoms with Gasteiger partial charge in [-0.25, -0.2) is 9.59 Å². The van der Waals surface area contributed by atoms with Crippen LogP contribution in [0.25, 0.3) is 0 Å². The van der Waals surface area contributed by atoms with Gasteiger partial charge in [0.05, 0.1) is 18.4 Å². The van der Waals surface area contributed by atoms with Crippen molar-refractivity contribution in [3.8, 4) is 5.75 Å². The molecule has 6 N–H and O–H groups in total. The number of urea groups is 1. The first-order valence-corrected chi connectivity index (χ1v) is 13.1. The summed E-state index contributed by atoms with van der Waals surface area (Å²) in [5, 5.41) is 33.1. The standard InChI is InChI=1S/C28H41N3O7/c1-21(33)38-31(28(29)36)25-11-8-10-22(17-25)9-4-2-6-15-37-16-7-3-5-14-30-19-27(35)23-12-13-26(34)24(18-23)20-32/h8,10-13,17-18,27,30,32,34-35H,2-7,9,14-16,19-20H2,1H3,(H2,29,36)/t27-/m1/s1. The number of unbranched alkanes of at least 4 members (excludes halogenated alkanes) is 4. The summed E-state index contributed by atoms with van der Waals surface area (Å²) >= 11 is 0. The number of nitrogens with two attached hydrogens (primary N) is 1. The lowest BCUT2D eigenvalue weighted by molar-refractivity contribution is -0.141. The average molecular weight is 532 g/mol. The van der Waals surface area contributed by atoms with Gasteiger partial charge in [-0.05, 0) is 80.5 Å².